The van der Waals surface area contributed by atoms with Gasteiger partial charge < -0.3 is 10.7 Å². The van der Waals surface area contributed by atoms with Gasteiger partial charge in [-0.05, 0) is 24.6 Å². The quantitative estimate of drug-likeness (QED) is 0.678. The fraction of sp³-hybridized carbons (Fsp3) is 0.300. The Kier molecular flexibility index (Phi) is 1.45. The van der Waals surface area contributed by atoms with Crippen molar-refractivity contribution in [1.29, 1.82) is 0 Å². The van der Waals surface area contributed by atoms with Gasteiger partial charge in [-0.1, -0.05) is 0 Å². The minimum absolute atomic E-state index is 0.969. The third-order valence-electron chi connectivity index (χ3n) is 2.73. The monoisotopic (exact) mass is 188 g/mol. The van der Waals surface area contributed by atoms with Crippen molar-refractivity contribution in [3.05, 3.63) is 24.4 Å². The Labute approximate surface area is 81.9 Å². The molecule has 2 N–H and O–H groups in total. The predicted octanol–water partition coefficient (Wildman–Crippen LogP) is 0.960. The first-order valence-corrected chi connectivity index (χ1v) is 4.82. The molecular formula is C10H12N4. The molecule has 1 aliphatic rings. The summed E-state index contributed by atoms with van der Waals surface area (Å²) in [6, 6.07) is 6.29. The maximum atomic E-state index is 5.56. The third kappa shape index (κ3) is 1.04. The second-order valence-electron chi connectivity index (χ2n) is 3.69. The summed E-state index contributed by atoms with van der Waals surface area (Å²) >= 11 is 0. The van der Waals surface area contributed by atoms with Crippen molar-refractivity contribution in [2.75, 3.05) is 23.8 Å². The van der Waals surface area contributed by atoms with E-state index in [0.29, 0.717) is 0 Å². The fourth-order valence-corrected chi connectivity index (χ4v) is 1.79. The van der Waals surface area contributed by atoms with Gasteiger partial charge in [0.05, 0.1) is 11.7 Å². The Morgan fingerprint density at radius 1 is 1.29 bits per heavy atom. The van der Waals surface area contributed by atoms with E-state index < -0.39 is 0 Å². The Hall–Kier alpha value is -1.71. The summed E-state index contributed by atoms with van der Waals surface area (Å²) in [4.78, 5) is 3.71. The molecule has 2 aromatic rings. The van der Waals surface area contributed by atoms with E-state index in [9.17, 15) is 0 Å². The van der Waals surface area contributed by atoms with Crippen molar-refractivity contribution in [3.8, 4) is 0 Å². The van der Waals surface area contributed by atoms with Crippen LogP contribution in [0.3, 0.4) is 0 Å². The van der Waals surface area contributed by atoms with E-state index in [1.807, 2.05) is 6.20 Å². The van der Waals surface area contributed by atoms with Crippen LogP contribution in [-0.2, 0) is 0 Å². The predicted molar refractivity (Wildman–Crippen MR) is 56.7 cm³/mol. The summed E-state index contributed by atoms with van der Waals surface area (Å²) in [5.74, 6) is 5.56. The Bertz CT molecular complexity index is 470. The molecule has 0 radical (unpaired) electrons. The van der Waals surface area contributed by atoms with Gasteiger partial charge in [-0.2, -0.15) is 9.89 Å². The van der Waals surface area contributed by atoms with Crippen LogP contribution in [0.25, 0.3) is 10.9 Å². The van der Waals surface area contributed by atoms with E-state index in [1.165, 1.54) is 16.9 Å². The zero-order chi connectivity index (χ0) is 9.54. The first kappa shape index (κ1) is 7.67. The number of nitrogens with two attached hydrogens (primary N) is 1. The smallest absolute Gasteiger partial charge is 0.0964 e. The third-order valence-corrected chi connectivity index (χ3v) is 2.73. The normalized spacial score (nSPS) is 15.9. The zero-order valence-corrected chi connectivity index (χ0v) is 7.85. The number of hydrogen-bond donors (Lipinski definition) is 1. The summed E-state index contributed by atoms with van der Waals surface area (Å²) in [7, 11) is 0. The zero-order valence-electron chi connectivity index (χ0n) is 7.85. The molecule has 1 fully saturated rings. The van der Waals surface area contributed by atoms with Gasteiger partial charge in [0.1, 0.15) is 0 Å². The second-order valence-corrected chi connectivity index (χ2v) is 3.69. The summed E-state index contributed by atoms with van der Waals surface area (Å²) in [6.07, 6.45) is 3.12. The van der Waals surface area contributed by atoms with Crippen molar-refractivity contribution in [2.24, 2.45) is 0 Å². The molecule has 1 aromatic carbocycles. The van der Waals surface area contributed by atoms with Crippen LogP contribution in [0.1, 0.15) is 6.42 Å². The highest BCUT2D eigenvalue weighted by molar-refractivity contribution is 5.82. The first-order chi connectivity index (χ1) is 6.83. The standard InChI is InChI=1S/C10H12N4/c11-14-7-8-2-3-9(6-10(8)12-14)13-4-1-5-13/h2-3,6-7H,1,4-5,11H2. The number of nitrogen functional groups attached to an aromatic ring is 1. The molecule has 1 aliphatic heterocycles. The number of rotatable bonds is 1. The molecule has 4 heteroatoms. The maximum Gasteiger partial charge on any atom is 0.0964 e. The molecule has 1 aromatic heterocycles. The van der Waals surface area contributed by atoms with Crippen LogP contribution in [0.15, 0.2) is 24.4 Å². The number of anilines is 1. The van der Waals surface area contributed by atoms with E-state index in [1.54, 1.807) is 0 Å². The van der Waals surface area contributed by atoms with Gasteiger partial charge in [0.25, 0.3) is 0 Å². The van der Waals surface area contributed by atoms with Crippen LogP contribution >= 0.6 is 0 Å². The lowest BCUT2D eigenvalue weighted by atomic mass is 10.1. The van der Waals surface area contributed by atoms with Crippen molar-refractivity contribution in [3.63, 3.8) is 0 Å². The van der Waals surface area contributed by atoms with Crippen LogP contribution < -0.4 is 10.7 Å². The van der Waals surface area contributed by atoms with Gasteiger partial charge in [-0.3, -0.25) is 0 Å². The average molecular weight is 188 g/mol. The lowest BCUT2D eigenvalue weighted by Crippen LogP contribution is -2.36. The van der Waals surface area contributed by atoms with E-state index in [-0.39, 0.29) is 0 Å². The molecule has 0 bridgehead atoms. The average Bonchev–Trinajstić information content (AvgIpc) is 2.40. The number of nitrogens with zero attached hydrogens (tertiary/aromatic N) is 3. The van der Waals surface area contributed by atoms with Crippen molar-refractivity contribution in [2.45, 2.75) is 6.42 Å². The molecule has 2 heterocycles. The van der Waals surface area contributed by atoms with Crippen molar-refractivity contribution >= 4 is 16.6 Å². The summed E-state index contributed by atoms with van der Waals surface area (Å²) in [6.45, 7) is 2.32. The van der Waals surface area contributed by atoms with Crippen LogP contribution in [0.4, 0.5) is 5.69 Å². The number of benzene rings is 1. The van der Waals surface area contributed by atoms with Gasteiger partial charge in [0.15, 0.2) is 0 Å². The lowest BCUT2D eigenvalue weighted by Gasteiger charge is -2.33. The Balaban J connectivity index is 2.09. The van der Waals surface area contributed by atoms with Crippen molar-refractivity contribution < 1.29 is 0 Å². The van der Waals surface area contributed by atoms with Gasteiger partial charge >= 0.3 is 0 Å². The Morgan fingerprint density at radius 3 is 2.86 bits per heavy atom. The molecule has 0 unspecified atom stereocenters. The minimum Gasteiger partial charge on any atom is -0.371 e. The van der Waals surface area contributed by atoms with E-state index in [2.05, 4.69) is 28.2 Å². The number of hydrogen-bond acceptors (Lipinski definition) is 3. The molecule has 0 amide bonds. The van der Waals surface area contributed by atoms with Gasteiger partial charge in [-0.15, -0.1) is 0 Å². The minimum atomic E-state index is 0.969. The molecule has 0 aliphatic carbocycles. The van der Waals surface area contributed by atoms with E-state index >= 15 is 0 Å². The molecule has 1 saturated heterocycles. The number of aromatic nitrogens is 2. The summed E-state index contributed by atoms with van der Waals surface area (Å²) in [5.41, 5.74) is 2.22. The second kappa shape index (κ2) is 2.64. The Morgan fingerprint density at radius 2 is 2.14 bits per heavy atom. The lowest BCUT2D eigenvalue weighted by molar-refractivity contribution is 0.618. The molecule has 14 heavy (non-hydrogen) atoms. The fourth-order valence-electron chi connectivity index (χ4n) is 1.79. The highest BCUT2D eigenvalue weighted by atomic mass is 15.5. The molecule has 0 atom stereocenters. The molecular weight excluding hydrogens is 176 g/mol. The van der Waals surface area contributed by atoms with Crippen LogP contribution in [0.5, 0.6) is 0 Å². The highest BCUT2D eigenvalue weighted by Crippen LogP contribution is 2.24. The summed E-state index contributed by atoms with van der Waals surface area (Å²) < 4.78 is 0. The topological polar surface area (TPSA) is 47.1 Å². The van der Waals surface area contributed by atoms with E-state index in [0.717, 1.165) is 24.0 Å². The summed E-state index contributed by atoms with van der Waals surface area (Å²) in [5, 5.41) is 5.28. The molecule has 3 rings (SSSR count). The SMILES string of the molecule is Nn1cc2ccc(N3CCC3)cc2n1. The largest absolute Gasteiger partial charge is 0.371 e. The van der Waals surface area contributed by atoms with Crippen LogP contribution in [-0.4, -0.2) is 23.0 Å². The van der Waals surface area contributed by atoms with Crippen LogP contribution in [0.2, 0.25) is 0 Å². The molecule has 0 saturated carbocycles. The van der Waals surface area contributed by atoms with Gasteiger partial charge in [0, 0.05) is 24.2 Å². The molecule has 0 spiro atoms. The van der Waals surface area contributed by atoms with Crippen LogP contribution in [0, 0.1) is 0 Å². The molecule has 72 valence electrons. The van der Waals surface area contributed by atoms with Gasteiger partial charge in [-0.25, -0.2) is 0 Å². The first-order valence-electron chi connectivity index (χ1n) is 4.82. The van der Waals surface area contributed by atoms with Gasteiger partial charge in [0.2, 0.25) is 0 Å². The molecule has 4 nitrogen and oxygen atoms in total. The van der Waals surface area contributed by atoms with E-state index in [4.69, 9.17) is 5.84 Å². The highest BCUT2D eigenvalue weighted by Gasteiger charge is 2.14. The van der Waals surface area contributed by atoms with Crippen molar-refractivity contribution in [1.82, 2.24) is 9.89 Å². The number of fused-ring (bicyclic) bond motifs is 1. The maximum absolute atomic E-state index is 5.56.